The average molecular weight is 482 g/mol. The summed E-state index contributed by atoms with van der Waals surface area (Å²) in [6.45, 7) is 1.51. The Hall–Kier alpha value is -4.14. The average Bonchev–Trinajstić information content (AvgIpc) is 2.90. The maximum Gasteiger partial charge on any atom is 0.270 e. The Morgan fingerprint density at radius 3 is 1.97 bits per heavy atom. The SMILES string of the molecule is [2H]C([2H])(NC(=O)c1cc(C(=O)NC([2H])([2H])c2ccc(F)c(C)c2)ncn1)c1ccc(C(=O)N(CC)CC)cc1. The number of hydrogen-bond acceptors (Lipinski definition) is 5. The molecule has 0 radical (unpaired) electrons. The lowest BCUT2D eigenvalue weighted by Crippen LogP contribution is -2.30. The van der Waals surface area contributed by atoms with Crippen molar-refractivity contribution in [1.29, 1.82) is 0 Å². The molecule has 0 aliphatic carbocycles. The summed E-state index contributed by atoms with van der Waals surface area (Å²) in [6, 6.07) is 10.3. The molecule has 1 heterocycles. The number of carbonyl (C=O) groups excluding carboxylic acids is 3. The van der Waals surface area contributed by atoms with Crippen molar-refractivity contribution >= 4 is 17.7 Å². The Labute approximate surface area is 209 Å². The van der Waals surface area contributed by atoms with E-state index >= 15 is 0 Å². The highest BCUT2D eigenvalue weighted by Crippen LogP contribution is 2.10. The Bertz CT molecular complexity index is 1380. The van der Waals surface area contributed by atoms with Crippen LogP contribution >= 0.6 is 0 Å². The van der Waals surface area contributed by atoms with Gasteiger partial charge in [0.25, 0.3) is 17.7 Å². The van der Waals surface area contributed by atoms with Crippen molar-refractivity contribution in [2.75, 3.05) is 13.1 Å². The smallest absolute Gasteiger partial charge is 0.270 e. The van der Waals surface area contributed by atoms with Crippen molar-refractivity contribution in [3.63, 3.8) is 0 Å². The zero-order chi connectivity index (χ0) is 29.0. The zero-order valence-electron chi connectivity index (χ0n) is 23.6. The van der Waals surface area contributed by atoms with Crippen LogP contribution in [0.2, 0.25) is 0 Å². The lowest BCUT2D eigenvalue weighted by atomic mass is 10.1. The van der Waals surface area contributed by atoms with Gasteiger partial charge < -0.3 is 15.5 Å². The van der Waals surface area contributed by atoms with Crippen LogP contribution in [0.1, 0.15) is 67.4 Å². The topological polar surface area (TPSA) is 104 Å². The van der Waals surface area contributed by atoms with Gasteiger partial charge in [-0.2, -0.15) is 0 Å². The second-order valence-corrected chi connectivity index (χ2v) is 7.47. The molecule has 0 bridgehead atoms. The van der Waals surface area contributed by atoms with Crippen LogP contribution in [0, 0.1) is 12.7 Å². The number of aromatic nitrogens is 2. The summed E-state index contributed by atoms with van der Waals surface area (Å²) in [5, 5.41) is 4.35. The summed E-state index contributed by atoms with van der Waals surface area (Å²) in [5.41, 5.74) is 0.0162. The van der Waals surface area contributed by atoms with Crippen molar-refractivity contribution in [3.8, 4) is 0 Å². The van der Waals surface area contributed by atoms with Crippen molar-refractivity contribution in [1.82, 2.24) is 25.5 Å². The monoisotopic (exact) mass is 481 g/mol. The first-order valence-electron chi connectivity index (χ1n) is 12.9. The number of nitrogens with one attached hydrogen (secondary N) is 2. The van der Waals surface area contributed by atoms with Crippen molar-refractivity contribution < 1.29 is 24.3 Å². The van der Waals surface area contributed by atoms with E-state index in [-0.39, 0.29) is 34.0 Å². The summed E-state index contributed by atoms with van der Waals surface area (Å²) in [5.74, 6) is -2.62. The summed E-state index contributed by atoms with van der Waals surface area (Å²) in [7, 11) is 0. The van der Waals surface area contributed by atoms with Crippen molar-refractivity contribution in [2.45, 2.75) is 33.8 Å². The van der Waals surface area contributed by atoms with E-state index in [4.69, 9.17) is 5.48 Å². The zero-order valence-corrected chi connectivity index (χ0v) is 19.6. The highest BCUT2D eigenvalue weighted by molar-refractivity contribution is 5.97. The van der Waals surface area contributed by atoms with Gasteiger partial charge in [0.15, 0.2) is 0 Å². The maximum absolute atomic E-state index is 13.6. The molecule has 2 N–H and O–H groups in total. The first kappa shape index (κ1) is 20.3. The second kappa shape index (κ2) is 11.8. The molecule has 0 unspecified atom stereocenters. The van der Waals surface area contributed by atoms with Crippen LogP contribution < -0.4 is 10.6 Å². The van der Waals surface area contributed by atoms with Gasteiger partial charge >= 0.3 is 0 Å². The number of amides is 3. The van der Waals surface area contributed by atoms with Crippen LogP contribution in [-0.4, -0.2) is 45.7 Å². The maximum atomic E-state index is 13.6. The summed E-state index contributed by atoms with van der Waals surface area (Å²) < 4.78 is 46.5. The van der Waals surface area contributed by atoms with E-state index in [0.29, 0.717) is 18.7 Å². The van der Waals surface area contributed by atoms with E-state index in [2.05, 4.69) is 20.6 Å². The Morgan fingerprint density at radius 1 is 0.886 bits per heavy atom. The van der Waals surface area contributed by atoms with Crippen LogP contribution in [0.15, 0.2) is 54.9 Å². The molecule has 182 valence electrons. The predicted octanol–water partition coefficient (Wildman–Crippen LogP) is 3.27. The molecular weight excluding hydrogens is 449 g/mol. The molecule has 0 fully saturated rings. The summed E-state index contributed by atoms with van der Waals surface area (Å²) in [6.07, 6.45) is 0.921. The summed E-state index contributed by atoms with van der Waals surface area (Å²) >= 11 is 0. The van der Waals surface area contributed by atoms with Crippen LogP contribution in [0.25, 0.3) is 0 Å². The van der Waals surface area contributed by atoms with Crippen LogP contribution in [-0.2, 0) is 13.0 Å². The lowest BCUT2D eigenvalue weighted by Gasteiger charge is -2.18. The fourth-order valence-electron chi connectivity index (χ4n) is 3.10. The van der Waals surface area contributed by atoms with Gasteiger partial charge in [-0.25, -0.2) is 14.4 Å². The highest BCUT2D eigenvalue weighted by Gasteiger charge is 2.14. The third-order valence-electron chi connectivity index (χ3n) is 5.11. The van der Waals surface area contributed by atoms with E-state index in [1.54, 1.807) is 4.90 Å². The lowest BCUT2D eigenvalue weighted by molar-refractivity contribution is 0.0772. The molecule has 0 atom stereocenters. The van der Waals surface area contributed by atoms with E-state index in [1.807, 2.05) is 13.8 Å². The Kier molecular flexibility index (Phi) is 6.84. The number of carbonyl (C=O) groups is 3. The van der Waals surface area contributed by atoms with Gasteiger partial charge in [-0.05, 0) is 55.7 Å². The molecule has 8 nitrogen and oxygen atoms in total. The Balaban J connectivity index is 1.73. The normalized spacial score (nSPS) is 13.0. The van der Waals surface area contributed by atoms with Crippen molar-refractivity contribution in [3.05, 3.63) is 94.3 Å². The number of hydrogen-bond donors (Lipinski definition) is 2. The molecule has 2 aromatic carbocycles. The quantitative estimate of drug-likeness (QED) is 0.488. The minimum absolute atomic E-state index is 0.0137. The van der Waals surface area contributed by atoms with Crippen LogP contribution in [0.3, 0.4) is 0 Å². The third kappa shape index (κ3) is 6.69. The second-order valence-electron chi connectivity index (χ2n) is 7.47. The summed E-state index contributed by atoms with van der Waals surface area (Å²) in [4.78, 5) is 47.2. The van der Waals surface area contributed by atoms with Gasteiger partial charge in [0, 0.05) is 37.7 Å². The number of halogens is 1. The molecular formula is C26H28FN5O3. The van der Waals surface area contributed by atoms with Crippen LogP contribution in [0.4, 0.5) is 4.39 Å². The molecule has 35 heavy (non-hydrogen) atoms. The van der Waals surface area contributed by atoms with Gasteiger partial charge in [0.1, 0.15) is 23.5 Å². The first-order valence-corrected chi connectivity index (χ1v) is 10.9. The van der Waals surface area contributed by atoms with E-state index in [0.717, 1.165) is 18.5 Å². The molecule has 9 heteroatoms. The minimum atomic E-state index is -2.38. The molecule has 1 aromatic heterocycles. The number of aryl methyl sites for hydroxylation is 1. The highest BCUT2D eigenvalue weighted by atomic mass is 19.1. The minimum Gasteiger partial charge on any atom is -0.347 e. The van der Waals surface area contributed by atoms with Crippen molar-refractivity contribution in [2.24, 2.45) is 0 Å². The Morgan fingerprint density at radius 2 is 1.43 bits per heavy atom. The molecule has 3 aromatic rings. The van der Waals surface area contributed by atoms with Gasteiger partial charge in [0.2, 0.25) is 0 Å². The van der Waals surface area contributed by atoms with E-state index in [9.17, 15) is 18.8 Å². The molecule has 0 saturated carbocycles. The predicted molar refractivity (Wildman–Crippen MR) is 129 cm³/mol. The van der Waals surface area contributed by atoms with Crippen LogP contribution in [0.5, 0.6) is 0 Å². The van der Waals surface area contributed by atoms with Gasteiger partial charge in [-0.3, -0.25) is 14.4 Å². The molecule has 0 aliphatic rings. The fourth-order valence-corrected chi connectivity index (χ4v) is 3.10. The molecule has 0 aliphatic heterocycles. The van der Waals surface area contributed by atoms with Gasteiger partial charge in [-0.1, -0.05) is 24.3 Å². The fraction of sp³-hybridized carbons (Fsp3) is 0.269. The number of nitrogens with zero attached hydrogens (tertiary/aromatic N) is 3. The number of rotatable bonds is 9. The molecule has 0 spiro atoms. The van der Waals surface area contributed by atoms with E-state index < -0.39 is 30.6 Å². The molecule has 3 amide bonds. The number of benzene rings is 2. The molecule has 3 rings (SSSR count). The molecule has 0 saturated heterocycles. The van der Waals surface area contributed by atoms with E-state index in [1.165, 1.54) is 43.3 Å². The largest absolute Gasteiger partial charge is 0.347 e. The standard InChI is InChI=1S/C26H28FN5O3/c1-4-32(5-2)26(35)20-9-6-18(7-10-20)14-28-24(33)22-13-23(31-16-30-22)25(34)29-15-19-8-11-21(27)17(3)12-19/h6-13,16H,4-5,14-15H2,1-3H3,(H,28,33)(H,29,34)/i14D2,15D2. The first-order chi connectivity index (χ1) is 18.3. The van der Waals surface area contributed by atoms with Gasteiger partial charge in [-0.15, -0.1) is 0 Å². The van der Waals surface area contributed by atoms with Gasteiger partial charge in [0.05, 0.1) is 5.48 Å². The third-order valence-corrected chi connectivity index (χ3v) is 5.11.